The molecule has 1 N–H and O–H groups in total. The number of amides is 3. The van der Waals surface area contributed by atoms with Crippen LogP contribution in [0.3, 0.4) is 0 Å². The fourth-order valence-corrected chi connectivity index (χ4v) is 3.50. The number of carbonyl (C=O) groups is 3. The van der Waals surface area contributed by atoms with Gasteiger partial charge < -0.3 is 5.32 Å². The van der Waals surface area contributed by atoms with Crippen LogP contribution in [0.1, 0.15) is 13.3 Å². The normalized spacial score (nSPS) is 29.1. The topological polar surface area (TPSA) is 66.5 Å². The van der Waals surface area contributed by atoms with Gasteiger partial charge in [0.15, 0.2) is 0 Å². The van der Waals surface area contributed by atoms with Crippen LogP contribution in [0, 0.1) is 17.8 Å². The standard InChI is InChI=1S/C18H20N2O3/c1-3-6-13-11(2)14-15(13)18(23)20(17(14)22)10-9-19-16(21)12-7-4-5-8-12/h3-7,13-15H,2,8-10H2,1H3,(H,19,21)/b6-3-. The summed E-state index contributed by atoms with van der Waals surface area (Å²) in [5.74, 6) is -1.18. The molecular weight excluding hydrogens is 292 g/mol. The Bertz CT molecular complexity index is 672. The number of imide groups is 1. The van der Waals surface area contributed by atoms with Gasteiger partial charge in [0.05, 0.1) is 11.8 Å². The Morgan fingerprint density at radius 2 is 2.22 bits per heavy atom. The number of hydrogen-bond acceptors (Lipinski definition) is 3. The lowest BCUT2D eigenvalue weighted by Crippen LogP contribution is -2.40. The number of nitrogens with one attached hydrogen (secondary N) is 1. The molecule has 3 rings (SSSR count). The maximum Gasteiger partial charge on any atom is 0.247 e. The first kappa shape index (κ1) is 15.5. The van der Waals surface area contributed by atoms with E-state index in [1.54, 1.807) is 6.08 Å². The van der Waals surface area contributed by atoms with E-state index >= 15 is 0 Å². The fraction of sp³-hybridized carbons (Fsp3) is 0.389. The lowest BCUT2D eigenvalue weighted by Gasteiger charge is -2.37. The summed E-state index contributed by atoms with van der Waals surface area (Å²) in [5.41, 5.74) is 1.52. The van der Waals surface area contributed by atoms with Gasteiger partial charge >= 0.3 is 0 Å². The molecule has 23 heavy (non-hydrogen) atoms. The molecule has 3 amide bonds. The van der Waals surface area contributed by atoms with Crippen molar-refractivity contribution in [2.75, 3.05) is 13.1 Å². The van der Waals surface area contributed by atoms with E-state index in [1.807, 2.05) is 31.2 Å². The summed E-state index contributed by atoms with van der Waals surface area (Å²) in [6.07, 6.45) is 9.96. The van der Waals surface area contributed by atoms with Gasteiger partial charge in [0.2, 0.25) is 17.7 Å². The first-order valence-corrected chi connectivity index (χ1v) is 7.87. The maximum absolute atomic E-state index is 12.4. The zero-order valence-corrected chi connectivity index (χ0v) is 13.1. The number of likely N-dealkylation sites (tertiary alicyclic amines) is 1. The Labute approximate surface area is 135 Å². The molecule has 2 aliphatic carbocycles. The molecule has 0 spiro atoms. The highest BCUT2D eigenvalue weighted by molar-refractivity contribution is 6.09. The first-order chi connectivity index (χ1) is 11.1. The van der Waals surface area contributed by atoms with Crippen molar-refractivity contribution in [1.82, 2.24) is 10.2 Å². The number of nitrogens with zero attached hydrogens (tertiary/aromatic N) is 1. The van der Waals surface area contributed by atoms with Crippen molar-refractivity contribution in [3.05, 3.63) is 48.1 Å². The molecule has 0 aromatic carbocycles. The van der Waals surface area contributed by atoms with Gasteiger partial charge in [-0.1, -0.05) is 42.5 Å². The van der Waals surface area contributed by atoms with Crippen molar-refractivity contribution < 1.29 is 14.4 Å². The maximum atomic E-state index is 12.4. The van der Waals surface area contributed by atoms with Gasteiger partial charge in [-0.25, -0.2) is 0 Å². The van der Waals surface area contributed by atoms with Gasteiger partial charge in [0.1, 0.15) is 0 Å². The number of hydrogen-bond donors (Lipinski definition) is 1. The van der Waals surface area contributed by atoms with E-state index in [0.29, 0.717) is 12.0 Å². The highest BCUT2D eigenvalue weighted by atomic mass is 16.2. The van der Waals surface area contributed by atoms with Crippen LogP contribution in [0.4, 0.5) is 0 Å². The Hall–Kier alpha value is -2.43. The summed E-state index contributed by atoms with van der Waals surface area (Å²) >= 11 is 0. The molecule has 1 heterocycles. The van der Waals surface area contributed by atoms with Gasteiger partial charge in [-0.05, 0) is 13.3 Å². The smallest absolute Gasteiger partial charge is 0.247 e. The summed E-state index contributed by atoms with van der Waals surface area (Å²) in [4.78, 5) is 37.9. The number of carbonyl (C=O) groups excluding carboxylic acids is 3. The summed E-state index contributed by atoms with van der Waals surface area (Å²) in [6, 6.07) is 0. The van der Waals surface area contributed by atoms with Crippen molar-refractivity contribution in [2.45, 2.75) is 13.3 Å². The Kier molecular flexibility index (Phi) is 4.03. The highest BCUT2D eigenvalue weighted by Gasteiger charge is 2.59. The third-order valence-corrected chi connectivity index (χ3v) is 4.74. The minimum Gasteiger partial charge on any atom is -0.351 e. The summed E-state index contributed by atoms with van der Waals surface area (Å²) in [5, 5.41) is 2.76. The van der Waals surface area contributed by atoms with E-state index < -0.39 is 0 Å². The Balaban J connectivity index is 1.57. The van der Waals surface area contributed by atoms with E-state index in [-0.39, 0.29) is 48.6 Å². The lowest BCUT2D eigenvalue weighted by atomic mass is 9.62. The second kappa shape index (κ2) is 5.99. The molecule has 120 valence electrons. The monoisotopic (exact) mass is 312 g/mol. The van der Waals surface area contributed by atoms with Crippen LogP contribution in [0.2, 0.25) is 0 Å². The first-order valence-electron chi connectivity index (χ1n) is 7.87. The van der Waals surface area contributed by atoms with Crippen molar-refractivity contribution in [3.63, 3.8) is 0 Å². The molecule has 5 nitrogen and oxygen atoms in total. The molecule has 0 aromatic heterocycles. The quantitative estimate of drug-likeness (QED) is 0.615. The third kappa shape index (κ3) is 2.46. The van der Waals surface area contributed by atoms with Crippen LogP contribution in [-0.4, -0.2) is 35.7 Å². The zero-order valence-electron chi connectivity index (χ0n) is 13.1. The van der Waals surface area contributed by atoms with Crippen molar-refractivity contribution in [3.8, 4) is 0 Å². The largest absolute Gasteiger partial charge is 0.351 e. The van der Waals surface area contributed by atoms with Crippen molar-refractivity contribution in [1.29, 1.82) is 0 Å². The molecular formula is C18H20N2O3. The molecule has 1 aliphatic heterocycles. The summed E-state index contributed by atoms with van der Waals surface area (Å²) < 4.78 is 0. The van der Waals surface area contributed by atoms with Crippen LogP contribution < -0.4 is 5.32 Å². The molecule has 2 fully saturated rings. The van der Waals surface area contributed by atoms with Crippen LogP contribution in [0.15, 0.2) is 48.1 Å². The van der Waals surface area contributed by atoms with Crippen LogP contribution in [-0.2, 0) is 14.4 Å². The fourth-order valence-electron chi connectivity index (χ4n) is 3.50. The van der Waals surface area contributed by atoms with Gasteiger partial charge in [-0.2, -0.15) is 0 Å². The molecule has 0 bridgehead atoms. The molecule has 3 unspecified atom stereocenters. The molecule has 3 atom stereocenters. The van der Waals surface area contributed by atoms with E-state index in [4.69, 9.17) is 0 Å². The SMILES string of the molecule is C=C1C(/C=C\C)C2C(=O)N(CCNC(=O)C3=CC=CC3)C(=O)C12. The number of fused-ring (bicyclic) bond motifs is 1. The second-order valence-electron chi connectivity index (χ2n) is 6.04. The average molecular weight is 312 g/mol. The average Bonchev–Trinajstić information content (AvgIpc) is 3.13. The molecule has 0 radical (unpaired) electrons. The third-order valence-electron chi connectivity index (χ3n) is 4.74. The molecule has 1 saturated heterocycles. The highest BCUT2D eigenvalue weighted by Crippen LogP contribution is 2.51. The van der Waals surface area contributed by atoms with Crippen molar-refractivity contribution in [2.24, 2.45) is 17.8 Å². The zero-order chi connectivity index (χ0) is 16.6. The van der Waals surface area contributed by atoms with Crippen molar-refractivity contribution >= 4 is 17.7 Å². The molecule has 1 saturated carbocycles. The molecule has 0 aromatic rings. The minimum atomic E-state index is -0.374. The van der Waals surface area contributed by atoms with Gasteiger partial charge in [0.25, 0.3) is 0 Å². The van der Waals surface area contributed by atoms with E-state index in [9.17, 15) is 14.4 Å². The lowest BCUT2D eigenvalue weighted by molar-refractivity contribution is -0.139. The molecule has 3 aliphatic rings. The Morgan fingerprint density at radius 1 is 1.43 bits per heavy atom. The van der Waals surface area contributed by atoms with Crippen LogP contribution >= 0.6 is 0 Å². The van der Waals surface area contributed by atoms with Crippen LogP contribution in [0.25, 0.3) is 0 Å². The minimum absolute atomic E-state index is 0.0317. The van der Waals surface area contributed by atoms with Gasteiger partial charge in [0, 0.05) is 24.6 Å². The Morgan fingerprint density at radius 3 is 2.87 bits per heavy atom. The second-order valence-corrected chi connectivity index (χ2v) is 6.04. The number of rotatable bonds is 5. The molecule has 5 heteroatoms. The van der Waals surface area contributed by atoms with Crippen LogP contribution in [0.5, 0.6) is 0 Å². The van der Waals surface area contributed by atoms with Gasteiger partial charge in [-0.15, -0.1) is 0 Å². The van der Waals surface area contributed by atoms with E-state index in [0.717, 1.165) is 5.57 Å². The summed E-state index contributed by atoms with van der Waals surface area (Å²) in [7, 11) is 0. The predicted octanol–water partition coefficient (Wildman–Crippen LogP) is 1.35. The van der Waals surface area contributed by atoms with E-state index in [2.05, 4.69) is 11.9 Å². The van der Waals surface area contributed by atoms with Gasteiger partial charge in [-0.3, -0.25) is 19.3 Å². The predicted molar refractivity (Wildman–Crippen MR) is 86.0 cm³/mol. The summed E-state index contributed by atoms with van der Waals surface area (Å²) in [6.45, 7) is 6.33. The van der Waals surface area contributed by atoms with E-state index in [1.165, 1.54) is 4.90 Å². The number of allylic oxidation sites excluding steroid dienone is 5.